The molecule has 1 N–H and O–H groups in total. The van der Waals surface area contributed by atoms with Crippen molar-refractivity contribution in [3.63, 3.8) is 0 Å². The van der Waals surface area contributed by atoms with Crippen LogP contribution in [-0.2, 0) is 19.1 Å². The number of hydrogen-bond acceptors (Lipinski definition) is 5. The third kappa shape index (κ3) is 1.72. The molecule has 0 radical (unpaired) electrons. The third-order valence-corrected chi connectivity index (χ3v) is 8.73. The third-order valence-electron chi connectivity index (χ3n) is 8.73. The molecule has 8 atom stereocenters. The molecule has 0 aromatic carbocycles. The smallest absolute Gasteiger partial charge is 0.319 e. The summed E-state index contributed by atoms with van der Waals surface area (Å²) >= 11 is 0. The summed E-state index contributed by atoms with van der Waals surface area (Å²) in [6.07, 6.45) is 4.73. The maximum Gasteiger partial charge on any atom is 0.319 e. The predicted molar refractivity (Wildman–Crippen MR) is 88.2 cm³/mol. The molecule has 138 valence electrons. The number of carbonyl (C=O) groups excluding carboxylic acids is 2. The molecule has 3 saturated carbocycles. The molecule has 25 heavy (non-hydrogen) atoms. The maximum absolute atomic E-state index is 13.2. The van der Waals surface area contributed by atoms with E-state index in [1.165, 1.54) is 0 Å². The highest BCUT2D eigenvalue weighted by molar-refractivity contribution is 6.07. The molecule has 5 rings (SSSR count). The normalized spacial score (nSPS) is 57.3. The highest BCUT2D eigenvalue weighted by atomic mass is 16.6. The van der Waals surface area contributed by atoms with Gasteiger partial charge in [0.2, 0.25) is 0 Å². The van der Waals surface area contributed by atoms with Crippen molar-refractivity contribution in [3.8, 4) is 0 Å². The summed E-state index contributed by atoms with van der Waals surface area (Å²) in [6.45, 7) is 5.08. The average Bonchev–Trinajstić information content (AvgIpc) is 3.01. The van der Waals surface area contributed by atoms with Crippen LogP contribution < -0.4 is 0 Å². The van der Waals surface area contributed by atoms with Crippen LogP contribution in [-0.4, -0.2) is 36.4 Å². The topological polar surface area (TPSA) is 72.8 Å². The van der Waals surface area contributed by atoms with Gasteiger partial charge < -0.3 is 14.6 Å². The molecule has 2 saturated heterocycles. The fourth-order valence-corrected chi connectivity index (χ4v) is 7.68. The molecule has 2 bridgehead atoms. The molecular weight excluding hydrogens is 320 g/mol. The molecule has 2 spiro atoms. The van der Waals surface area contributed by atoms with Gasteiger partial charge in [0, 0.05) is 17.3 Å². The lowest BCUT2D eigenvalue weighted by Crippen LogP contribution is -2.64. The van der Waals surface area contributed by atoms with E-state index in [0.29, 0.717) is 25.6 Å². The molecular formula is C20H28O5. The number of carbonyl (C=O) groups is 2. The number of fused-ring (bicyclic) bond motifs is 4. The lowest BCUT2D eigenvalue weighted by atomic mass is 9.45. The van der Waals surface area contributed by atoms with Crippen LogP contribution in [0, 0.1) is 39.9 Å². The van der Waals surface area contributed by atoms with Gasteiger partial charge in [0.25, 0.3) is 0 Å². The molecule has 0 amide bonds. The first kappa shape index (κ1) is 16.2. The summed E-state index contributed by atoms with van der Waals surface area (Å²) in [5, 5.41) is 10.7. The molecule has 3 aliphatic carbocycles. The minimum Gasteiger partial charge on any atom is -0.464 e. The van der Waals surface area contributed by atoms with E-state index in [0.717, 1.165) is 32.1 Å². The Labute approximate surface area is 148 Å². The number of aliphatic hydroxyl groups excluding tert-OH is 1. The molecule has 5 aliphatic rings. The molecule has 5 nitrogen and oxygen atoms in total. The lowest BCUT2D eigenvalue weighted by Gasteiger charge is -2.60. The fraction of sp³-hybridized carbons (Fsp3) is 0.900. The van der Waals surface area contributed by atoms with Crippen molar-refractivity contribution in [1.29, 1.82) is 0 Å². The van der Waals surface area contributed by atoms with Crippen LogP contribution in [0.4, 0.5) is 0 Å². The first-order chi connectivity index (χ1) is 11.9. The fourth-order valence-electron chi connectivity index (χ4n) is 7.68. The number of ether oxygens (including phenoxy) is 2. The van der Waals surface area contributed by atoms with Gasteiger partial charge in [-0.2, -0.15) is 0 Å². The van der Waals surface area contributed by atoms with E-state index in [1.807, 2.05) is 6.92 Å². The van der Waals surface area contributed by atoms with Gasteiger partial charge in [-0.15, -0.1) is 0 Å². The van der Waals surface area contributed by atoms with Gasteiger partial charge in [-0.1, -0.05) is 20.3 Å². The number of hydrogen-bond donors (Lipinski definition) is 1. The second kappa shape index (κ2) is 4.86. The Morgan fingerprint density at radius 2 is 1.96 bits per heavy atom. The Bertz CT molecular complexity index is 642. The van der Waals surface area contributed by atoms with Gasteiger partial charge in [0.15, 0.2) is 12.1 Å². The van der Waals surface area contributed by atoms with Crippen LogP contribution in [0.15, 0.2) is 0 Å². The Balaban J connectivity index is 1.66. The highest BCUT2D eigenvalue weighted by Crippen LogP contribution is 2.69. The van der Waals surface area contributed by atoms with Gasteiger partial charge >= 0.3 is 5.97 Å². The second-order valence-corrected chi connectivity index (χ2v) is 9.71. The van der Waals surface area contributed by atoms with Crippen molar-refractivity contribution in [2.24, 2.45) is 39.9 Å². The summed E-state index contributed by atoms with van der Waals surface area (Å²) in [5.74, 6) is 0.0196. The van der Waals surface area contributed by atoms with Crippen molar-refractivity contribution in [2.75, 3.05) is 13.2 Å². The van der Waals surface area contributed by atoms with Crippen LogP contribution in [0.1, 0.15) is 52.4 Å². The van der Waals surface area contributed by atoms with Crippen LogP contribution in [0.2, 0.25) is 0 Å². The van der Waals surface area contributed by atoms with Gasteiger partial charge in [-0.25, -0.2) is 0 Å². The summed E-state index contributed by atoms with van der Waals surface area (Å²) in [4.78, 5) is 26.1. The SMILES string of the molecule is CC1C(=O)C23CC1CCC2C1(CCCC2(C)COC(O)C21)COC3=O. The Morgan fingerprint density at radius 1 is 1.16 bits per heavy atom. The summed E-state index contributed by atoms with van der Waals surface area (Å²) in [5.41, 5.74) is -1.37. The molecule has 2 heterocycles. The van der Waals surface area contributed by atoms with Crippen LogP contribution in [0.5, 0.6) is 0 Å². The van der Waals surface area contributed by atoms with Gasteiger partial charge in [0.1, 0.15) is 5.41 Å². The first-order valence-electron chi connectivity index (χ1n) is 9.86. The molecule has 0 aromatic heterocycles. The predicted octanol–water partition coefficient (Wildman–Crippen LogP) is 2.31. The van der Waals surface area contributed by atoms with Crippen molar-refractivity contribution in [3.05, 3.63) is 0 Å². The van der Waals surface area contributed by atoms with Crippen LogP contribution in [0.3, 0.4) is 0 Å². The summed E-state index contributed by atoms with van der Waals surface area (Å²) in [6, 6.07) is 0. The molecule has 8 unspecified atom stereocenters. The standard InChI is InChI=1S/C20H28O5/c1-11-12-4-5-13-19(10-25-17(23)20(13,8-12)15(11)21)7-3-6-18(2)9-24-16(22)14(18)19/h11-14,16,22H,3-10H2,1-2H3. The lowest BCUT2D eigenvalue weighted by molar-refractivity contribution is -0.225. The Hall–Kier alpha value is -0.940. The summed E-state index contributed by atoms with van der Waals surface area (Å²) < 4.78 is 11.4. The molecule has 5 heteroatoms. The molecule has 2 aliphatic heterocycles. The van der Waals surface area contributed by atoms with Crippen molar-refractivity contribution in [1.82, 2.24) is 0 Å². The zero-order valence-corrected chi connectivity index (χ0v) is 15.1. The van der Waals surface area contributed by atoms with E-state index in [2.05, 4.69) is 6.92 Å². The largest absolute Gasteiger partial charge is 0.464 e. The van der Waals surface area contributed by atoms with Crippen molar-refractivity contribution < 1.29 is 24.2 Å². The number of Topliss-reactive ketones (excluding diaryl/α,β-unsaturated/α-hetero) is 1. The quantitative estimate of drug-likeness (QED) is 0.537. The van der Waals surface area contributed by atoms with Crippen LogP contribution >= 0.6 is 0 Å². The van der Waals surface area contributed by atoms with E-state index in [4.69, 9.17) is 9.47 Å². The summed E-state index contributed by atoms with van der Waals surface area (Å²) in [7, 11) is 0. The molecule has 5 fully saturated rings. The second-order valence-electron chi connectivity index (χ2n) is 9.71. The van der Waals surface area contributed by atoms with E-state index in [-0.39, 0.29) is 40.3 Å². The van der Waals surface area contributed by atoms with Gasteiger partial charge in [-0.05, 0) is 49.4 Å². The monoisotopic (exact) mass is 348 g/mol. The van der Waals surface area contributed by atoms with Crippen LogP contribution in [0.25, 0.3) is 0 Å². The maximum atomic E-state index is 13.2. The Kier molecular flexibility index (Phi) is 3.16. The average molecular weight is 348 g/mol. The Morgan fingerprint density at radius 3 is 2.76 bits per heavy atom. The van der Waals surface area contributed by atoms with E-state index >= 15 is 0 Å². The van der Waals surface area contributed by atoms with E-state index in [1.54, 1.807) is 0 Å². The number of cyclic esters (lactones) is 1. The minimum atomic E-state index is -0.957. The number of aliphatic hydroxyl groups is 1. The van der Waals surface area contributed by atoms with Crippen molar-refractivity contribution in [2.45, 2.75) is 58.7 Å². The van der Waals surface area contributed by atoms with Gasteiger partial charge in [0.05, 0.1) is 13.2 Å². The number of esters is 1. The first-order valence-corrected chi connectivity index (χ1v) is 9.86. The van der Waals surface area contributed by atoms with Crippen molar-refractivity contribution >= 4 is 11.8 Å². The molecule has 0 aromatic rings. The number of rotatable bonds is 0. The van der Waals surface area contributed by atoms with E-state index in [9.17, 15) is 14.7 Å². The van der Waals surface area contributed by atoms with E-state index < -0.39 is 11.7 Å². The zero-order valence-electron chi connectivity index (χ0n) is 15.1. The zero-order chi connectivity index (χ0) is 17.6. The number of ketones is 1. The highest BCUT2D eigenvalue weighted by Gasteiger charge is 2.74. The van der Waals surface area contributed by atoms with Gasteiger partial charge in [-0.3, -0.25) is 9.59 Å². The minimum absolute atomic E-state index is 0.00377.